The zero-order chi connectivity index (χ0) is 16.5. The lowest BCUT2D eigenvalue weighted by molar-refractivity contribution is -0.274. The van der Waals surface area contributed by atoms with Gasteiger partial charge in [0.15, 0.2) is 0 Å². The Hall–Kier alpha value is -1.77. The summed E-state index contributed by atoms with van der Waals surface area (Å²) in [7, 11) is 0. The van der Waals surface area contributed by atoms with E-state index in [4.69, 9.17) is 5.11 Å². The van der Waals surface area contributed by atoms with Crippen LogP contribution in [0.4, 0.5) is 13.2 Å². The highest BCUT2D eigenvalue weighted by atomic mass is 79.9. The van der Waals surface area contributed by atoms with Crippen molar-refractivity contribution in [1.82, 2.24) is 4.90 Å². The Morgan fingerprint density at radius 1 is 1.36 bits per heavy atom. The van der Waals surface area contributed by atoms with Gasteiger partial charge in [0.1, 0.15) is 11.8 Å². The number of carbonyl (C=O) groups is 2. The Kier molecular flexibility index (Phi) is 4.64. The second-order valence-corrected chi connectivity index (χ2v) is 5.54. The smallest absolute Gasteiger partial charge is 0.480 e. The fraction of sp³-hybridized carbons (Fsp3) is 0.385. The number of alkyl halides is 3. The van der Waals surface area contributed by atoms with Crippen LogP contribution in [0, 0.1) is 0 Å². The molecule has 0 radical (unpaired) electrons. The molecule has 0 unspecified atom stereocenters. The molecule has 2 rings (SSSR count). The summed E-state index contributed by atoms with van der Waals surface area (Å²) in [6.45, 7) is 0.251. The van der Waals surface area contributed by atoms with Crippen LogP contribution in [-0.4, -0.2) is 40.8 Å². The van der Waals surface area contributed by atoms with E-state index in [-0.39, 0.29) is 16.6 Å². The van der Waals surface area contributed by atoms with Gasteiger partial charge >= 0.3 is 12.3 Å². The first-order valence-electron chi connectivity index (χ1n) is 6.28. The predicted octanol–water partition coefficient (Wildman–Crippen LogP) is 3.04. The number of ether oxygens (including phenoxy) is 1. The van der Waals surface area contributed by atoms with Gasteiger partial charge in [0.2, 0.25) is 0 Å². The summed E-state index contributed by atoms with van der Waals surface area (Å²) >= 11 is 2.91. The predicted molar refractivity (Wildman–Crippen MR) is 72.5 cm³/mol. The van der Waals surface area contributed by atoms with E-state index in [1.54, 1.807) is 0 Å². The monoisotopic (exact) mass is 381 g/mol. The molecule has 1 N–H and O–H groups in total. The van der Waals surface area contributed by atoms with Gasteiger partial charge in [0, 0.05) is 12.1 Å². The van der Waals surface area contributed by atoms with Crippen LogP contribution in [0.1, 0.15) is 23.2 Å². The van der Waals surface area contributed by atoms with E-state index >= 15 is 0 Å². The van der Waals surface area contributed by atoms with Gasteiger partial charge in [0.25, 0.3) is 5.91 Å². The van der Waals surface area contributed by atoms with Crippen molar-refractivity contribution in [3.05, 3.63) is 28.2 Å². The van der Waals surface area contributed by atoms with Crippen molar-refractivity contribution >= 4 is 27.8 Å². The Bertz CT molecular complexity index is 605. The van der Waals surface area contributed by atoms with Crippen LogP contribution in [0.3, 0.4) is 0 Å². The number of aliphatic carboxylic acids is 1. The van der Waals surface area contributed by atoms with Crippen LogP contribution < -0.4 is 4.74 Å². The highest BCUT2D eigenvalue weighted by Crippen LogP contribution is 2.32. The van der Waals surface area contributed by atoms with Crippen molar-refractivity contribution in [2.45, 2.75) is 25.2 Å². The summed E-state index contributed by atoms with van der Waals surface area (Å²) in [5.74, 6) is -2.32. The molecule has 1 aromatic carbocycles. The third-order valence-electron chi connectivity index (χ3n) is 3.20. The molecule has 1 saturated heterocycles. The maximum atomic E-state index is 12.3. The summed E-state index contributed by atoms with van der Waals surface area (Å²) in [6.07, 6.45) is -4.03. The molecule has 0 saturated carbocycles. The fourth-order valence-electron chi connectivity index (χ4n) is 2.27. The summed E-state index contributed by atoms with van der Waals surface area (Å²) in [5.41, 5.74) is -0.0596. The molecule has 0 bridgehead atoms. The minimum atomic E-state index is -4.89. The van der Waals surface area contributed by atoms with Gasteiger partial charge in [0.05, 0.1) is 4.47 Å². The topological polar surface area (TPSA) is 66.8 Å². The second kappa shape index (κ2) is 6.15. The molecular formula is C13H11BrF3NO4. The molecule has 5 nitrogen and oxygen atoms in total. The minimum absolute atomic E-state index is 0.0394. The molecule has 0 spiro atoms. The van der Waals surface area contributed by atoms with Crippen molar-refractivity contribution in [3.63, 3.8) is 0 Å². The zero-order valence-corrected chi connectivity index (χ0v) is 12.6. The van der Waals surface area contributed by atoms with Gasteiger partial charge < -0.3 is 14.7 Å². The molecule has 1 atom stereocenters. The number of amides is 1. The first-order valence-corrected chi connectivity index (χ1v) is 7.07. The number of hydrogen-bond donors (Lipinski definition) is 1. The summed E-state index contributed by atoms with van der Waals surface area (Å²) < 4.78 is 40.8. The Morgan fingerprint density at radius 2 is 2.05 bits per heavy atom. The van der Waals surface area contributed by atoms with E-state index in [0.717, 1.165) is 11.0 Å². The van der Waals surface area contributed by atoms with E-state index < -0.39 is 30.0 Å². The zero-order valence-electron chi connectivity index (χ0n) is 11.1. The molecule has 1 amide bonds. The van der Waals surface area contributed by atoms with Crippen LogP contribution in [-0.2, 0) is 4.79 Å². The van der Waals surface area contributed by atoms with Crippen LogP contribution in [0.25, 0.3) is 0 Å². The van der Waals surface area contributed by atoms with E-state index in [1.807, 2.05) is 0 Å². The Labute approximate surface area is 131 Å². The van der Waals surface area contributed by atoms with Gasteiger partial charge in [-0.2, -0.15) is 0 Å². The van der Waals surface area contributed by atoms with Crippen LogP contribution in [0.5, 0.6) is 5.75 Å². The standard InChI is InChI=1S/C13H11BrF3NO4/c14-8-4-3-7(6-10(8)22-13(15,16)17)11(19)18-5-1-2-9(18)12(20)21/h3-4,6,9H,1-2,5H2,(H,20,21)/t9-/m1/s1. The highest BCUT2D eigenvalue weighted by molar-refractivity contribution is 9.10. The number of carboxylic acids is 1. The van der Waals surface area contributed by atoms with Gasteiger partial charge in [-0.3, -0.25) is 4.79 Å². The molecular weight excluding hydrogens is 371 g/mol. The van der Waals surface area contributed by atoms with E-state index in [9.17, 15) is 22.8 Å². The van der Waals surface area contributed by atoms with Crippen LogP contribution >= 0.6 is 15.9 Å². The lowest BCUT2D eigenvalue weighted by Crippen LogP contribution is -2.40. The van der Waals surface area contributed by atoms with Crippen molar-refractivity contribution < 1.29 is 32.6 Å². The quantitative estimate of drug-likeness (QED) is 0.873. The van der Waals surface area contributed by atoms with Crippen molar-refractivity contribution in [1.29, 1.82) is 0 Å². The number of rotatable bonds is 3. The largest absolute Gasteiger partial charge is 0.573 e. The highest BCUT2D eigenvalue weighted by Gasteiger charge is 2.35. The van der Waals surface area contributed by atoms with E-state index in [2.05, 4.69) is 20.7 Å². The molecule has 120 valence electrons. The maximum absolute atomic E-state index is 12.3. The normalized spacial score (nSPS) is 18.4. The lowest BCUT2D eigenvalue weighted by Gasteiger charge is -2.22. The third kappa shape index (κ3) is 3.70. The van der Waals surface area contributed by atoms with Crippen LogP contribution in [0.15, 0.2) is 22.7 Å². The summed E-state index contributed by atoms with van der Waals surface area (Å²) in [4.78, 5) is 24.5. The number of nitrogens with zero attached hydrogens (tertiary/aromatic N) is 1. The van der Waals surface area contributed by atoms with Crippen molar-refractivity contribution in [2.75, 3.05) is 6.54 Å². The molecule has 0 aromatic heterocycles. The van der Waals surface area contributed by atoms with Gasteiger partial charge in [-0.25, -0.2) is 4.79 Å². The Balaban J connectivity index is 2.27. The maximum Gasteiger partial charge on any atom is 0.573 e. The van der Waals surface area contributed by atoms with Crippen molar-refractivity contribution in [3.8, 4) is 5.75 Å². The van der Waals surface area contributed by atoms with Gasteiger partial charge in [-0.15, -0.1) is 13.2 Å². The molecule has 1 heterocycles. The summed E-state index contributed by atoms with van der Waals surface area (Å²) in [6, 6.07) is 2.55. The van der Waals surface area contributed by atoms with Gasteiger partial charge in [-0.1, -0.05) is 0 Å². The number of carboxylic acid groups (broad SMARTS) is 1. The first kappa shape index (κ1) is 16.6. The van der Waals surface area contributed by atoms with Crippen molar-refractivity contribution in [2.24, 2.45) is 0 Å². The number of halogens is 4. The number of benzene rings is 1. The minimum Gasteiger partial charge on any atom is -0.480 e. The first-order chi connectivity index (χ1) is 10.2. The van der Waals surface area contributed by atoms with E-state index in [0.29, 0.717) is 12.8 Å². The van der Waals surface area contributed by atoms with Gasteiger partial charge in [-0.05, 0) is 47.0 Å². The Morgan fingerprint density at radius 3 is 2.64 bits per heavy atom. The number of likely N-dealkylation sites (tertiary alicyclic amines) is 1. The molecule has 1 aliphatic rings. The molecule has 1 aliphatic heterocycles. The summed E-state index contributed by atoms with van der Waals surface area (Å²) in [5, 5.41) is 9.06. The van der Waals surface area contributed by atoms with Crippen LogP contribution in [0.2, 0.25) is 0 Å². The molecule has 0 aliphatic carbocycles. The number of hydrogen-bond acceptors (Lipinski definition) is 3. The average Bonchev–Trinajstić information content (AvgIpc) is 2.88. The molecule has 9 heteroatoms. The number of carbonyl (C=O) groups excluding carboxylic acids is 1. The molecule has 22 heavy (non-hydrogen) atoms. The third-order valence-corrected chi connectivity index (χ3v) is 3.86. The molecule has 1 fully saturated rings. The lowest BCUT2D eigenvalue weighted by atomic mass is 10.1. The SMILES string of the molecule is O=C(O)[C@H]1CCCN1C(=O)c1ccc(Br)c(OC(F)(F)F)c1. The fourth-order valence-corrected chi connectivity index (χ4v) is 2.60. The van der Waals surface area contributed by atoms with E-state index in [1.165, 1.54) is 12.1 Å². The average molecular weight is 382 g/mol. The second-order valence-electron chi connectivity index (χ2n) is 4.69. The molecule has 1 aromatic rings.